The summed E-state index contributed by atoms with van der Waals surface area (Å²) in [5.41, 5.74) is 0.863. The summed E-state index contributed by atoms with van der Waals surface area (Å²) in [6.07, 6.45) is 0. The van der Waals surface area contributed by atoms with Crippen LogP contribution in [0.4, 0.5) is 0 Å². The Labute approximate surface area is 155 Å². The van der Waals surface area contributed by atoms with Crippen molar-refractivity contribution in [2.24, 2.45) is 0 Å². The van der Waals surface area contributed by atoms with E-state index in [0.717, 1.165) is 5.56 Å². The van der Waals surface area contributed by atoms with Gasteiger partial charge in [-0.3, -0.25) is 0 Å². The van der Waals surface area contributed by atoms with Gasteiger partial charge in [0.25, 0.3) is 0 Å². The van der Waals surface area contributed by atoms with Gasteiger partial charge in [-0.05, 0) is 31.5 Å². The molecule has 1 N–H and O–H groups in total. The van der Waals surface area contributed by atoms with E-state index in [9.17, 15) is 0 Å². The molecule has 0 bridgehead atoms. The molecule has 1 unspecified atom stereocenters. The smallest absolute Gasteiger partial charge is 0.243 e. The first kappa shape index (κ1) is 20.0. The van der Waals surface area contributed by atoms with Crippen molar-refractivity contribution in [1.29, 1.82) is 0 Å². The Morgan fingerprint density at radius 1 is 1.15 bits per heavy atom. The van der Waals surface area contributed by atoms with Crippen LogP contribution in [0.1, 0.15) is 57.9 Å². The van der Waals surface area contributed by atoms with Crippen molar-refractivity contribution in [3.63, 3.8) is 0 Å². The van der Waals surface area contributed by atoms with Crippen LogP contribution in [0.25, 0.3) is 0 Å². The van der Waals surface area contributed by atoms with E-state index >= 15 is 0 Å². The fourth-order valence-electron chi connectivity index (χ4n) is 2.40. The molecule has 7 nitrogen and oxygen atoms in total. The highest BCUT2D eigenvalue weighted by Gasteiger charge is 2.23. The van der Waals surface area contributed by atoms with Gasteiger partial charge in [0.05, 0.1) is 26.9 Å². The Balaban J connectivity index is 2.12. The first-order valence-electron chi connectivity index (χ1n) is 8.75. The van der Waals surface area contributed by atoms with E-state index in [0.29, 0.717) is 42.1 Å². The van der Waals surface area contributed by atoms with E-state index in [1.54, 1.807) is 14.2 Å². The molecule has 1 heterocycles. The summed E-state index contributed by atoms with van der Waals surface area (Å²) in [6.45, 7) is 11.2. The van der Waals surface area contributed by atoms with Crippen molar-refractivity contribution in [2.75, 3.05) is 20.8 Å². The molecular weight excluding hydrogens is 334 g/mol. The highest BCUT2D eigenvalue weighted by molar-refractivity contribution is 5.53. The number of benzene rings is 1. The van der Waals surface area contributed by atoms with Crippen molar-refractivity contribution in [1.82, 2.24) is 15.5 Å². The molecule has 0 amide bonds. The second-order valence-corrected chi connectivity index (χ2v) is 7.07. The lowest BCUT2D eigenvalue weighted by molar-refractivity contribution is 0.287. The number of rotatable bonds is 8. The minimum atomic E-state index is -0.142. The summed E-state index contributed by atoms with van der Waals surface area (Å²) in [4.78, 5) is 4.49. The minimum absolute atomic E-state index is 0.0813. The summed E-state index contributed by atoms with van der Waals surface area (Å²) in [5.74, 6) is 3.17. The van der Waals surface area contributed by atoms with Crippen LogP contribution in [-0.4, -0.2) is 31.0 Å². The molecule has 26 heavy (non-hydrogen) atoms. The molecule has 0 aliphatic rings. The maximum absolute atomic E-state index is 5.63. The lowest BCUT2D eigenvalue weighted by atomic mass is 9.96. The van der Waals surface area contributed by atoms with Gasteiger partial charge in [0, 0.05) is 12.0 Å². The molecule has 0 aliphatic carbocycles. The largest absolute Gasteiger partial charge is 0.493 e. The fraction of sp³-hybridized carbons (Fsp3) is 0.579. The maximum Gasteiger partial charge on any atom is 0.243 e. The summed E-state index contributed by atoms with van der Waals surface area (Å²) in [5, 5.41) is 7.45. The van der Waals surface area contributed by atoms with Crippen molar-refractivity contribution >= 4 is 0 Å². The summed E-state index contributed by atoms with van der Waals surface area (Å²) < 4.78 is 21.9. The molecule has 0 radical (unpaired) electrons. The van der Waals surface area contributed by atoms with Crippen molar-refractivity contribution in [3.05, 3.63) is 29.4 Å². The van der Waals surface area contributed by atoms with E-state index in [2.05, 4.69) is 36.2 Å². The summed E-state index contributed by atoms with van der Waals surface area (Å²) in [6, 6.07) is 3.78. The normalized spacial score (nSPS) is 12.7. The van der Waals surface area contributed by atoms with Gasteiger partial charge in [-0.1, -0.05) is 25.9 Å². The predicted octanol–water partition coefficient (Wildman–Crippen LogP) is 3.63. The van der Waals surface area contributed by atoms with Crippen LogP contribution < -0.4 is 19.5 Å². The summed E-state index contributed by atoms with van der Waals surface area (Å²) >= 11 is 0. The van der Waals surface area contributed by atoms with E-state index in [1.807, 2.05) is 26.0 Å². The predicted molar refractivity (Wildman–Crippen MR) is 99.0 cm³/mol. The van der Waals surface area contributed by atoms with Gasteiger partial charge in [-0.25, -0.2) is 0 Å². The molecule has 7 heteroatoms. The third-order valence-corrected chi connectivity index (χ3v) is 3.90. The maximum atomic E-state index is 5.63. The van der Waals surface area contributed by atoms with E-state index in [4.69, 9.17) is 18.7 Å². The molecule has 2 rings (SSSR count). The molecule has 1 atom stereocenters. The van der Waals surface area contributed by atoms with Gasteiger partial charge in [-0.2, -0.15) is 4.98 Å². The second kappa shape index (κ2) is 8.40. The average Bonchev–Trinajstić information content (AvgIpc) is 3.11. The minimum Gasteiger partial charge on any atom is -0.493 e. The number of nitrogens with one attached hydrogen (secondary N) is 1. The molecule has 144 valence electrons. The zero-order valence-corrected chi connectivity index (χ0v) is 16.7. The van der Waals surface area contributed by atoms with Gasteiger partial charge in [0.15, 0.2) is 17.3 Å². The van der Waals surface area contributed by atoms with E-state index in [1.165, 1.54) is 0 Å². The Morgan fingerprint density at radius 2 is 1.77 bits per heavy atom. The molecular formula is C19H29N3O4. The molecule has 0 saturated carbocycles. The van der Waals surface area contributed by atoms with Crippen LogP contribution in [0.15, 0.2) is 16.7 Å². The van der Waals surface area contributed by atoms with Crippen molar-refractivity contribution in [2.45, 2.75) is 52.6 Å². The standard InChI is InChI=1S/C19H29N3O4/c1-8-25-16-14(23-6)9-13(10-15(16)24-7)11-20-12(2)17-21-18(22-26-17)19(3,4)5/h9-10,12,20H,8,11H2,1-7H3. The average molecular weight is 363 g/mol. The van der Waals surface area contributed by atoms with Gasteiger partial charge in [0.1, 0.15) is 0 Å². The van der Waals surface area contributed by atoms with Gasteiger partial charge < -0.3 is 24.1 Å². The Hall–Kier alpha value is -2.28. The van der Waals surface area contributed by atoms with Crippen LogP contribution in [0.2, 0.25) is 0 Å². The highest BCUT2D eigenvalue weighted by Crippen LogP contribution is 2.38. The van der Waals surface area contributed by atoms with Crippen LogP contribution in [-0.2, 0) is 12.0 Å². The van der Waals surface area contributed by atoms with Crippen LogP contribution in [0, 0.1) is 0 Å². The first-order valence-corrected chi connectivity index (χ1v) is 8.75. The molecule has 0 spiro atoms. The number of nitrogens with zero attached hydrogens (tertiary/aromatic N) is 2. The molecule has 0 saturated heterocycles. The monoisotopic (exact) mass is 363 g/mol. The SMILES string of the molecule is CCOc1c(OC)cc(CNC(C)c2nc(C(C)(C)C)no2)cc1OC. The van der Waals surface area contributed by atoms with Crippen molar-refractivity contribution < 1.29 is 18.7 Å². The third kappa shape index (κ3) is 4.66. The van der Waals surface area contributed by atoms with Gasteiger partial charge >= 0.3 is 0 Å². The number of ether oxygens (including phenoxy) is 3. The van der Waals surface area contributed by atoms with Crippen LogP contribution in [0.3, 0.4) is 0 Å². The number of methoxy groups -OCH3 is 2. The zero-order valence-electron chi connectivity index (χ0n) is 16.7. The quantitative estimate of drug-likeness (QED) is 0.767. The Bertz CT molecular complexity index is 697. The Morgan fingerprint density at radius 3 is 2.23 bits per heavy atom. The topological polar surface area (TPSA) is 78.6 Å². The number of hydrogen-bond acceptors (Lipinski definition) is 7. The summed E-state index contributed by atoms with van der Waals surface area (Å²) in [7, 11) is 3.23. The molecule has 0 fully saturated rings. The second-order valence-electron chi connectivity index (χ2n) is 7.07. The lowest BCUT2D eigenvalue weighted by Crippen LogP contribution is -2.19. The number of aromatic nitrogens is 2. The third-order valence-electron chi connectivity index (χ3n) is 3.90. The molecule has 2 aromatic rings. The lowest BCUT2D eigenvalue weighted by Gasteiger charge is -2.16. The molecule has 1 aromatic carbocycles. The van der Waals surface area contributed by atoms with Gasteiger partial charge in [0.2, 0.25) is 11.6 Å². The van der Waals surface area contributed by atoms with Gasteiger partial charge in [-0.15, -0.1) is 0 Å². The molecule has 1 aromatic heterocycles. The van der Waals surface area contributed by atoms with E-state index in [-0.39, 0.29) is 11.5 Å². The number of hydrogen-bond donors (Lipinski definition) is 1. The first-order chi connectivity index (χ1) is 12.3. The van der Waals surface area contributed by atoms with Crippen LogP contribution in [0.5, 0.6) is 17.2 Å². The van der Waals surface area contributed by atoms with Crippen molar-refractivity contribution in [3.8, 4) is 17.2 Å². The molecule has 0 aliphatic heterocycles. The van der Waals surface area contributed by atoms with E-state index < -0.39 is 0 Å². The fourth-order valence-corrected chi connectivity index (χ4v) is 2.40. The highest BCUT2D eigenvalue weighted by atomic mass is 16.5. The van der Waals surface area contributed by atoms with Crippen LogP contribution >= 0.6 is 0 Å². The Kier molecular flexibility index (Phi) is 6.47. The zero-order chi connectivity index (χ0) is 19.3.